The van der Waals surface area contributed by atoms with E-state index in [0.29, 0.717) is 39.9 Å². The Hall–Kier alpha value is -4.17. The van der Waals surface area contributed by atoms with Gasteiger partial charge in [-0.3, -0.25) is 14.5 Å². The summed E-state index contributed by atoms with van der Waals surface area (Å²) < 4.78 is 11.8. The minimum Gasteiger partial charge on any atom is -0.507 e. The molecule has 3 aromatic carbocycles. The number of benzene rings is 3. The molecule has 1 saturated heterocycles. The number of hydrogen-bond donors (Lipinski definition) is 1. The number of Topliss-reactive ketones (excluding diaryl/α,β-unsaturated/α-hetero) is 1. The Labute approximate surface area is 205 Å². The summed E-state index contributed by atoms with van der Waals surface area (Å²) in [5.41, 5.74) is 1.76. The fourth-order valence-corrected chi connectivity index (χ4v) is 5.18. The Morgan fingerprint density at radius 1 is 1.03 bits per heavy atom. The first-order valence-electron chi connectivity index (χ1n) is 11.1. The zero-order valence-electron chi connectivity index (χ0n) is 19.1. The minimum absolute atomic E-state index is 0.00619. The van der Waals surface area contributed by atoms with E-state index < -0.39 is 17.7 Å². The molecular formula is C27H22N2O5S. The van der Waals surface area contributed by atoms with Crippen molar-refractivity contribution in [3.05, 3.63) is 89.5 Å². The second-order valence-corrected chi connectivity index (χ2v) is 8.88. The van der Waals surface area contributed by atoms with Crippen LogP contribution in [0.25, 0.3) is 16.0 Å². The van der Waals surface area contributed by atoms with Crippen LogP contribution >= 0.6 is 11.3 Å². The van der Waals surface area contributed by atoms with Crippen LogP contribution in [0.2, 0.25) is 0 Å². The van der Waals surface area contributed by atoms with E-state index in [1.807, 2.05) is 19.1 Å². The molecule has 1 aliphatic rings. The lowest BCUT2D eigenvalue weighted by molar-refractivity contribution is -0.132. The maximum atomic E-state index is 13.4. The van der Waals surface area contributed by atoms with Crippen LogP contribution in [0, 0.1) is 0 Å². The van der Waals surface area contributed by atoms with Crippen molar-refractivity contribution in [2.24, 2.45) is 0 Å². The van der Waals surface area contributed by atoms with Crippen molar-refractivity contribution in [3.63, 3.8) is 0 Å². The molecule has 0 saturated carbocycles. The summed E-state index contributed by atoms with van der Waals surface area (Å²) in [5.74, 6) is -0.486. The van der Waals surface area contributed by atoms with Crippen LogP contribution in [-0.4, -0.2) is 35.5 Å². The number of aliphatic hydroxyl groups excluding tert-OH is 1. The smallest absolute Gasteiger partial charge is 0.301 e. The van der Waals surface area contributed by atoms with E-state index >= 15 is 0 Å². The topological polar surface area (TPSA) is 89.0 Å². The molecule has 1 fully saturated rings. The molecular weight excluding hydrogens is 464 g/mol. The second kappa shape index (κ2) is 9.23. The van der Waals surface area contributed by atoms with E-state index in [4.69, 9.17) is 9.47 Å². The predicted octanol–water partition coefficient (Wildman–Crippen LogP) is 5.33. The largest absolute Gasteiger partial charge is 0.507 e. The summed E-state index contributed by atoms with van der Waals surface area (Å²) in [6.45, 7) is 2.34. The summed E-state index contributed by atoms with van der Waals surface area (Å²) >= 11 is 1.28. The van der Waals surface area contributed by atoms with Gasteiger partial charge in [-0.1, -0.05) is 53.8 Å². The summed E-state index contributed by atoms with van der Waals surface area (Å²) in [6.07, 6.45) is 0. The highest BCUT2D eigenvalue weighted by Crippen LogP contribution is 2.45. The molecule has 1 unspecified atom stereocenters. The van der Waals surface area contributed by atoms with E-state index in [1.54, 1.807) is 67.8 Å². The average molecular weight is 487 g/mol. The molecule has 35 heavy (non-hydrogen) atoms. The number of rotatable bonds is 6. The number of carbonyl (C=O) groups excluding carboxylic acids is 2. The molecule has 2 heterocycles. The van der Waals surface area contributed by atoms with Gasteiger partial charge in [-0.2, -0.15) is 0 Å². The highest BCUT2D eigenvalue weighted by Gasteiger charge is 2.48. The Bertz CT molecular complexity index is 1460. The summed E-state index contributed by atoms with van der Waals surface area (Å²) in [6, 6.07) is 20.5. The lowest BCUT2D eigenvalue weighted by Gasteiger charge is -2.23. The number of methoxy groups -OCH3 is 1. The number of hydrogen-bond acceptors (Lipinski definition) is 7. The van der Waals surface area contributed by atoms with Crippen molar-refractivity contribution in [1.29, 1.82) is 0 Å². The average Bonchev–Trinajstić information content (AvgIpc) is 3.42. The van der Waals surface area contributed by atoms with Crippen LogP contribution in [0.3, 0.4) is 0 Å². The molecule has 5 rings (SSSR count). The Kier molecular flexibility index (Phi) is 5.96. The number of aromatic nitrogens is 1. The number of anilines is 1. The monoisotopic (exact) mass is 486 g/mol. The normalized spacial score (nSPS) is 17.2. The van der Waals surface area contributed by atoms with Crippen LogP contribution in [-0.2, 0) is 9.59 Å². The zero-order chi connectivity index (χ0) is 24.5. The first-order chi connectivity index (χ1) is 17.0. The van der Waals surface area contributed by atoms with E-state index in [-0.39, 0.29) is 11.3 Å². The number of nitrogens with zero attached hydrogens (tertiary/aromatic N) is 2. The summed E-state index contributed by atoms with van der Waals surface area (Å²) in [4.78, 5) is 32.7. The van der Waals surface area contributed by atoms with Crippen LogP contribution in [0.1, 0.15) is 24.1 Å². The van der Waals surface area contributed by atoms with Crippen molar-refractivity contribution >= 4 is 44.1 Å². The zero-order valence-corrected chi connectivity index (χ0v) is 19.9. The van der Waals surface area contributed by atoms with Crippen molar-refractivity contribution in [3.8, 4) is 11.5 Å². The number of ether oxygens (including phenoxy) is 2. The molecule has 4 aromatic rings. The third-order valence-electron chi connectivity index (χ3n) is 5.77. The van der Waals surface area contributed by atoms with Crippen molar-refractivity contribution < 1.29 is 24.2 Å². The molecule has 8 heteroatoms. The van der Waals surface area contributed by atoms with Crippen LogP contribution in [0.5, 0.6) is 11.5 Å². The standard InChI is InChI=1S/C27H22N2O5S/c1-3-34-19-11-7-10-17(14-19)23-22(24(30)16-8-5-4-6-9-16)25(31)26(32)29(23)27-28-20-13-12-18(33-2)15-21(20)35-27/h4-15,23,30H,3H2,1-2H3. The fraction of sp³-hybridized carbons (Fsp3) is 0.148. The molecule has 7 nitrogen and oxygen atoms in total. The van der Waals surface area contributed by atoms with Crippen molar-refractivity contribution in [1.82, 2.24) is 4.98 Å². The maximum Gasteiger partial charge on any atom is 0.301 e. The third-order valence-corrected chi connectivity index (χ3v) is 6.78. The Morgan fingerprint density at radius 3 is 2.57 bits per heavy atom. The number of carbonyl (C=O) groups is 2. The Balaban J connectivity index is 1.72. The van der Waals surface area contributed by atoms with Gasteiger partial charge in [-0.15, -0.1) is 0 Å². The SMILES string of the molecule is CCOc1cccc(C2C(=C(O)c3ccccc3)C(=O)C(=O)N2c2nc3ccc(OC)cc3s2)c1. The molecule has 0 spiro atoms. The summed E-state index contributed by atoms with van der Waals surface area (Å²) in [7, 11) is 1.58. The molecule has 0 bridgehead atoms. The van der Waals surface area contributed by atoms with Crippen LogP contribution < -0.4 is 14.4 Å². The first kappa shape index (κ1) is 22.6. The van der Waals surface area contributed by atoms with Crippen LogP contribution in [0.4, 0.5) is 5.13 Å². The number of ketones is 1. The van der Waals surface area contributed by atoms with E-state index in [0.717, 1.165) is 4.70 Å². The van der Waals surface area contributed by atoms with Gasteiger partial charge >= 0.3 is 5.91 Å². The third kappa shape index (κ3) is 4.02. The van der Waals surface area contributed by atoms with Gasteiger partial charge in [0.1, 0.15) is 17.3 Å². The first-order valence-corrected chi connectivity index (χ1v) is 11.9. The number of amides is 1. The van der Waals surface area contributed by atoms with Gasteiger partial charge in [0.05, 0.1) is 35.5 Å². The number of aliphatic hydroxyl groups is 1. The molecule has 176 valence electrons. The van der Waals surface area contributed by atoms with Gasteiger partial charge in [-0.25, -0.2) is 4.98 Å². The molecule has 1 N–H and O–H groups in total. The lowest BCUT2D eigenvalue weighted by Crippen LogP contribution is -2.29. The number of thiazole rings is 1. The van der Waals surface area contributed by atoms with E-state index in [2.05, 4.69) is 4.98 Å². The van der Waals surface area contributed by atoms with Gasteiger partial charge in [-0.05, 0) is 42.8 Å². The minimum atomic E-state index is -0.877. The molecule has 0 radical (unpaired) electrons. The van der Waals surface area contributed by atoms with E-state index in [1.165, 1.54) is 16.2 Å². The number of fused-ring (bicyclic) bond motifs is 1. The van der Waals surface area contributed by atoms with Crippen molar-refractivity contribution in [2.75, 3.05) is 18.6 Å². The lowest BCUT2D eigenvalue weighted by atomic mass is 9.95. The van der Waals surface area contributed by atoms with Crippen LogP contribution in [0.15, 0.2) is 78.4 Å². The van der Waals surface area contributed by atoms with Gasteiger partial charge in [0.15, 0.2) is 5.13 Å². The van der Waals surface area contributed by atoms with Gasteiger partial charge in [0, 0.05) is 5.56 Å². The van der Waals surface area contributed by atoms with Gasteiger partial charge in [0.2, 0.25) is 0 Å². The Morgan fingerprint density at radius 2 is 1.83 bits per heavy atom. The molecule has 1 aliphatic heterocycles. The molecule has 1 amide bonds. The maximum absolute atomic E-state index is 13.4. The highest BCUT2D eigenvalue weighted by molar-refractivity contribution is 7.22. The van der Waals surface area contributed by atoms with E-state index in [9.17, 15) is 14.7 Å². The molecule has 1 atom stereocenters. The van der Waals surface area contributed by atoms with Gasteiger partial charge < -0.3 is 14.6 Å². The highest BCUT2D eigenvalue weighted by atomic mass is 32.1. The predicted molar refractivity (Wildman–Crippen MR) is 135 cm³/mol. The van der Waals surface area contributed by atoms with Crippen molar-refractivity contribution in [2.45, 2.75) is 13.0 Å². The van der Waals surface area contributed by atoms with Gasteiger partial charge in [0.25, 0.3) is 5.78 Å². The summed E-state index contributed by atoms with van der Waals surface area (Å²) in [5, 5.41) is 11.6. The fourth-order valence-electron chi connectivity index (χ4n) is 4.16. The molecule has 0 aliphatic carbocycles. The quantitative estimate of drug-likeness (QED) is 0.225. The molecule has 1 aromatic heterocycles. The second-order valence-electron chi connectivity index (χ2n) is 7.87.